The average Bonchev–Trinajstić information content (AvgIpc) is 2.04. The first kappa shape index (κ1) is 10.2. The van der Waals surface area contributed by atoms with Crippen molar-refractivity contribution < 1.29 is 19.4 Å². The Morgan fingerprint density at radius 3 is 2.38 bits per heavy atom. The van der Waals surface area contributed by atoms with Crippen LogP contribution in [0.1, 0.15) is 26.2 Å². The van der Waals surface area contributed by atoms with E-state index in [0.717, 1.165) is 12.8 Å². The average molecular weight is 186 g/mol. The topological polar surface area (TPSA) is 63.6 Å². The first-order valence-electron chi connectivity index (χ1n) is 4.37. The lowest BCUT2D eigenvalue weighted by atomic mass is 9.78. The number of ketones is 1. The van der Waals surface area contributed by atoms with Gasteiger partial charge in [-0.1, -0.05) is 6.92 Å². The highest BCUT2D eigenvalue weighted by atomic mass is 16.5. The minimum Gasteiger partial charge on any atom is -0.476 e. The zero-order chi connectivity index (χ0) is 9.90. The van der Waals surface area contributed by atoms with Crippen molar-refractivity contribution in [2.75, 3.05) is 13.2 Å². The molecule has 1 rings (SSSR count). The predicted octanol–water partition coefficient (Wildman–Crippen LogP) is 0.847. The SMILES string of the molecule is CC1(CC(=O)C(=O)O)CCOCC1. The van der Waals surface area contributed by atoms with Crippen LogP contribution in [0.25, 0.3) is 0 Å². The van der Waals surface area contributed by atoms with Crippen molar-refractivity contribution in [2.45, 2.75) is 26.2 Å². The van der Waals surface area contributed by atoms with Crippen LogP contribution in [0.15, 0.2) is 0 Å². The maximum atomic E-state index is 11.0. The lowest BCUT2D eigenvalue weighted by molar-refractivity contribution is -0.150. The van der Waals surface area contributed by atoms with Crippen LogP contribution >= 0.6 is 0 Å². The number of carboxylic acid groups (broad SMARTS) is 1. The minimum absolute atomic E-state index is 0.131. The molecule has 0 saturated carbocycles. The van der Waals surface area contributed by atoms with Gasteiger partial charge in [0.1, 0.15) is 0 Å². The second kappa shape index (κ2) is 3.87. The van der Waals surface area contributed by atoms with E-state index in [1.807, 2.05) is 6.92 Å². The molecule has 1 aliphatic heterocycles. The van der Waals surface area contributed by atoms with Crippen LogP contribution in [0.4, 0.5) is 0 Å². The van der Waals surface area contributed by atoms with Gasteiger partial charge in [0.15, 0.2) is 0 Å². The Morgan fingerprint density at radius 2 is 1.92 bits per heavy atom. The summed E-state index contributed by atoms with van der Waals surface area (Å²) in [7, 11) is 0. The van der Waals surface area contributed by atoms with Crippen molar-refractivity contribution in [1.82, 2.24) is 0 Å². The molecule has 0 unspecified atom stereocenters. The Balaban J connectivity index is 2.50. The Labute approximate surface area is 76.9 Å². The van der Waals surface area contributed by atoms with Gasteiger partial charge >= 0.3 is 5.97 Å². The molecule has 0 aromatic carbocycles. The fourth-order valence-electron chi connectivity index (χ4n) is 1.50. The first-order valence-corrected chi connectivity index (χ1v) is 4.37. The van der Waals surface area contributed by atoms with Gasteiger partial charge in [0, 0.05) is 19.6 Å². The van der Waals surface area contributed by atoms with Crippen LogP contribution in [-0.4, -0.2) is 30.1 Å². The van der Waals surface area contributed by atoms with Gasteiger partial charge in [0.2, 0.25) is 5.78 Å². The zero-order valence-electron chi connectivity index (χ0n) is 7.71. The molecule has 0 aliphatic carbocycles. The van der Waals surface area contributed by atoms with Gasteiger partial charge in [-0.25, -0.2) is 4.79 Å². The molecule has 0 radical (unpaired) electrons. The summed E-state index contributed by atoms with van der Waals surface area (Å²) in [5, 5.41) is 8.45. The van der Waals surface area contributed by atoms with E-state index in [-0.39, 0.29) is 11.8 Å². The molecular formula is C9H14O4. The summed E-state index contributed by atoms with van der Waals surface area (Å²) in [5.41, 5.74) is -0.173. The summed E-state index contributed by atoms with van der Waals surface area (Å²) < 4.78 is 5.15. The molecule has 13 heavy (non-hydrogen) atoms. The van der Waals surface area contributed by atoms with Gasteiger partial charge < -0.3 is 9.84 Å². The first-order chi connectivity index (χ1) is 6.03. The molecule has 74 valence electrons. The monoisotopic (exact) mass is 186 g/mol. The number of rotatable bonds is 3. The van der Waals surface area contributed by atoms with Crippen molar-refractivity contribution in [3.63, 3.8) is 0 Å². The number of aliphatic carboxylic acids is 1. The van der Waals surface area contributed by atoms with Gasteiger partial charge in [-0.3, -0.25) is 4.79 Å². The predicted molar refractivity (Wildman–Crippen MR) is 45.4 cm³/mol. The molecule has 0 amide bonds. The molecule has 0 atom stereocenters. The van der Waals surface area contributed by atoms with Crippen LogP contribution in [0.2, 0.25) is 0 Å². The molecule has 0 spiro atoms. The molecule has 1 N–H and O–H groups in total. The Kier molecular flexibility index (Phi) is 3.03. The maximum Gasteiger partial charge on any atom is 0.372 e. The summed E-state index contributed by atoms with van der Waals surface area (Å²) in [6.45, 7) is 3.20. The second-order valence-corrected chi connectivity index (χ2v) is 3.83. The van der Waals surface area contributed by atoms with Crippen molar-refractivity contribution in [2.24, 2.45) is 5.41 Å². The third-order valence-corrected chi connectivity index (χ3v) is 2.53. The largest absolute Gasteiger partial charge is 0.476 e. The molecule has 1 aliphatic rings. The molecule has 0 aromatic heterocycles. The molecule has 1 heterocycles. The number of carboxylic acids is 1. The van der Waals surface area contributed by atoms with E-state index >= 15 is 0 Å². The fourth-order valence-corrected chi connectivity index (χ4v) is 1.50. The number of hydrogen-bond donors (Lipinski definition) is 1. The standard InChI is InChI=1S/C9H14O4/c1-9(2-4-13-5-3-9)6-7(10)8(11)12/h2-6H2,1H3,(H,11,12). The van der Waals surface area contributed by atoms with Gasteiger partial charge in [0.25, 0.3) is 0 Å². The third-order valence-electron chi connectivity index (χ3n) is 2.53. The van der Waals surface area contributed by atoms with Gasteiger partial charge in [-0.15, -0.1) is 0 Å². The number of Topliss-reactive ketones (excluding diaryl/α,β-unsaturated/α-hetero) is 1. The highest BCUT2D eigenvalue weighted by Crippen LogP contribution is 2.33. The van der Waals surface area contributed by atoms with Gasteiger partial charge in [-0.05, 0) is 18.3 Å². The lowest BCUT2D eigenvalue weighted by Gasteiger charge is -2.32. The highest BCUT2D eigenvalue weighted by Gasteiger charge is 2.31. The Morgan fingerprint density at radius 1 is 1.38 bits per heavy atom. The second-order valence-electron chi connectivity index (χ2n) is 3.83. The molecule has 4 heteroatoms. The van der Waals surface area contributed by atoms with E-state index in [1.165, 1.54) is 0 Å². The summed E-state index contributed by atoms with van der Waals surface area (Å²) in [5.74, 6) is -2.02. The van der Waals surface area contributed by atoms with E-state index < -0.39 is 11.8 Å². The zero-order valence-corrected chi connectivity index (χ0v) is 7.71. The summed E-state index contributed by atoms with van der Waals surface area (Å²) in [6, 6.07) is 0. The number of ether oxygens (including phenoxy) is 1. The molecular weight excluding hydrogens is 172 g/mol. The maximum absolute atomic E-state index is 11.0. The Hall–Kier alpha value is -0.900. The number of carbonyl (C=O) groups is 2. The highest BCUT2D eigenvalue weighted by molar-refractivity contribution is 6.32. The number of hydrogen-bond acceptors (Lipinski definition) is 3. The molecule has 1 saturated heterocycles. The van der Waals surface area contributed by atoms with Gasteiger partial charge in [0.05, 0.1) is 0 Å². The van der Waals surface area contributed by atoms with Crippen LogP contribution in [0.3, 0.4) is 0 Å². The number of carbonyl (C=O) groups excluding carboxylic acids is 1. The van der Waals surface area contributed by atoms with E-state index in [2.05, 4.69) is 0 Å². The van der Waals surface area contributed by atoms with Crippen LogP contribution in [0.5, 0.6) is 0 Å². The van der Waals surface area contributed by atoms with E-state index in [1.54, 1.807) is 0 Å². The van der Waals surface area contributed by atoms with Crippen molar-refractivity contribution >= 4 is 11.8 Å². The molecule has 4 nitrogen and oxygen atoms in total. The van der Waals surface area contributed by atoms with Crippen LogP contribution < -0.4 is 0 Å². The Bertz CT molecular complexity index is 216. The third kappa shape index (κ3) is 2.81. The van der Waals surface area contributed by atoms with Crippen molar-refractivity contribution in [1.29, 1.82) is 0 Å². The van der Waals surface area contributed by atoms with Gasteiger partial charge in [-0.2, -0.15) is 0 Å². The van der Waals surface area contributed by atoms with Crippen LogP contribution in [-0.2, 0) is 14.3 Å². The quantitative estimate of drug-likeness (QED) is 0.663. The lowest BCUT2D eigenvalue weighted by Crippen LogP contribution is -2.31. The van der Waals surface area contributed by atoms with E-state index in [0.29, 0.717) is 13.2 Å². The summed E-state index contributed by atoms with van der Waals surface area (Å²) >= 11 is 0. The van der Waals surface area contributed by atoms with Crippen molar-refractivity contribution in [3.05, 3.63) is 0 Å². The molecule has 0 bridgehead atoms. The summed E-state index contributed by atoms with van der Waals surface area (Å²) in [4.78, 5) is 21.3. The minimum atomic E-state index is -1.33. The smallest absolute Gasteiger partial charge is 0.372 e. The van der Waals surface area contributed by atoms with Crippen LogP contribution in [0, 0.1) is 5.41 Å². The van der Waals surface area contributed by atoms with E-state index in [4.69, 9.17) is 9.84 Å². The fraction of sp³-hybridized carbons (Fsp3) is 0.778. The molecule has 1 fully saturated rings. The molecule has 0 aromatic rings. The summed E-state index contributed by atoms with van der Waals surface area (Å²) in [6.07, 6.45) is 1.67. The van der Waals surface area contributed by atoms with E-state index in [9.17, 15) is 9.59 Å². The van der Waals surface area contributed by atoms with Crippen molar-refractivity contribution in [3.8, 4) is 0 Å². The normalized spacial score (nSPS) is 21.0.